The minimum Gasteiger partial charge on any atom is -0.486 e. The number of hydrogen-bond donors (Lipinski definition) is 1. The van der Waals surface area contributed by atoms with E-state index in [1.807, 2.05) is 6.07 Å². The fraction of sp³-hybridized carbons (Fsp3) is 0.409. The van der Waals surface area contributed by atoms with Crippen molar-refractivity contribution >= 4 is 11.0 Å². The van der Waals surface area contributed by atoms with Crippen LogP contribution < -0.4 is 20.3 Å². The van der Waals surface area contributed by atoms with Crippen LogP contribution in [-0.4, -0.2) is 58.3 Å². The van der Waals surface area contributed by atoms with Gasteiger partial charge in [-0.2, -0.15) is 0 Å². The quantitative estimate of drug-likeness (QED) is 0.642. The van der Waals surface area contributed by atoms with Crippen LogP contribution in [0.4, 0.5) is 4.39 Å². The SMILES string of the molecule is O=c1ccc2ncc(F)cc2n1CCN1CC[C@H](NCc2cc3c(cn2)OCCO3)C1. The Bertz CT molecular complexity index is 1150. The summed E-state index contributed by atoms with van der Waals surface area (Å²) in [6.07, 6.45) is 3.90. The smallest absolute Gasteiger partial charge is 0.251 e. The second kappa shape index (κ2) is 8.60. The lowest BCUT2D eigenvalue weighted by molar-refractivity contribution is 0.170. The zero-order valence-electron chi connectivity index (χ0n) is 17.1. The Labute approximate surface area is 178 Å². The molecule has 3 aromatic rings. The summed E-state index contributed by atoms with van der Waals surface area (Å²) in [4.78, 5) is 23.2. The highest BCUT2D eigenvalue weighted by atomic mass is 19.1. The second-order valence-electron chi connectivity index (χ2n) is 7.87. The molecular formula is C22H24FN5O3. The van der Waals surface area contributed by atoms with Crippen molar-refractivity contribution in [3.63, 3.8) is 0 Å². The molecule has 1 atom stereocenters. The third kappa shape index (κ3) is 4.38. The molecule has 0 saturated carbocycles. The largest absolute Gasteiger partial charge is 0.486 e. The van der Waals surface area contributed by atoms with E-state index in [-0.39, 0.29) is 5.56 Å². The van der Waals surface area contributed by atoms with Crippen LogP contribution in [0.3, 0.4) is 0 Å². The summed E-state index contributed by atoms with van der Waals surface area (Å²) in [5.74, 6) is 1.00. The van der Waals surface area contributed by atoms with Gasteiger partial charge < -0.3 is 19.4 Å². The molecule has 1 saturated heterocycles. The van der Waals surface area contributed by atoms with E-state index >= 15 is 0 Å². The van der Waals surface area contributed by atoms with Crippen LogP contribution >= 0.6 is 0 Å². The van der Waals surface area contributed by atoms with Crippen molar-refractivity contribution in [3.05, 3.63) is 58.5 Å². The number of fused-ring (bicyclic) bond motifs is 2. The fourth-order valence-electron chi connectivity index (χ4n) is 4.15. The van der Waals surface area contributed by atoms with Gasteiger partial charge in [-0.1, -0.05) is 0 Å². The Morgan fingerprint density at radius 2 is 1.97 bits per heavy atom. The molecule has 162 valence electrons. The van der Waals surface area contributed by atoms with Gasteiger partial charge in [-0.05, 0) is 19.0 Å². The molecule has 0 spiro atoms. The van der Waals surface area contributed by atoms with Crippen molar-refractivity contribution in [3.8, 4) is 11.5 Å². The van der Waals surface area contributed by atoms with Crippen molar-refractivity contribution in [1.29, 1.82) is 0 Å². The predicted molar refractivity (Wildman–Crippen MR) is 113 cm³/mol. The average Bonchev–Trinajstić information content (AvgIpc) is 3.24. The van der Waals surface area contributed by atoms with Gasteiger partial charge in [-0.25, -0.2) is 4.39 Å². The zero-order chi connectivity index (χ0) is 21.2. The third-order valence-corrected chi connectivity index (χ3v) is 5.78. The van der Waals surface area contributed by atoms with Gasteiger partial charge in [0.25, 0.3) is 5.56 Å². The highest BCUT2D eigenvalue weighted by Crippen LogP contribution is 2.29. The Morgan fingerprint density at radius 1 is 1.10 bits per heavy atom. The van der Waals surface area contributed by atoms with Gasteiger partial charge in [0.1, 0.15) is 19.0 Å². The Hall–Kier alpha value is -3.04. The summed E-state index contributed by atoms with van der Waals surface area (Å²) in [6, 6.07) is 6.77. The molecule has 31 heavy (non-hydrogen) atoms. The first-order chi connectivity index (χ1) is 15.2. The van der Waals surface area contributed by atoms with Gasteiger partial charge in [0.2, 0.25) is 0 Å². The number of hydrogen-bond acceptors (Lipinski definition) is 7. The van der Waals surface area contributed by atoms with Crippen LogP contribution in [0.5, 0.6) is 11.5 Å². The van der Waals surface area contributed by atoms with Crippen LogP contribution in [0, 0.1) is 5.82 Å². The van der Waals surface area contributed by atoms with Crippen molar-refractivity contribution in [2.24, 2.45) is 0 Å². The first-order valence-corrected chi connectivity index (χ1v) is 10.5. The summed E-state index contributed by atoms with van der Waals surface area (Å²) in [6.45, 7) is 4.82. The number of aromatic nitrogens is 3. The van der Waals surface area contributed by atoms with E-state index in [0.29, 0.717) is 49.1 Å². The number of nitrogens with one attached hydrogen (secondary N) is 1. The van der Waals surface area contributed by atoms with Crippen LogP contribution in [0.25, 0.3) is 11.0 Å². The van der Waals surface area contributed by atoms with Crippen molar-refractivity contribution in [1.82, 2.24) is 24.8 Å². The number of ether oxygens (including phenoxy) is 2. The Balaban J connectivity index is 1.17. The number of pyridine rings is 3. The summed E-state index contributed by atoms with van der Waals surface area (Å²) in [5, 5.41) is 3.55. The van der Waals surface area contributed by atoms with E-state index in [1.165, 1.54) is 18.3 Å². The first-order valence-electron chi connectivity index (χ1n) is 10.5. The number of likely N-dealkylation sites (tertiary alicyclic amines) is 1. The standard InChI is InChI=1S/C22H24FN5O3/c23-15-9-19-18(26-11-15)1-2-22(29)28(19)6-5-27-4-3-16(14-27)24-12-17-10-20-21(13-25-17)31-8-7-30-20/h1-2,9-11,13,16,24H,3-8,12,14H2/t16-/m0/s1. The highest BCUT2D eigenvalue weighted by molar-refractivity contribution is 5.74. The highest BCUT2D eigenvalue weighted by Gasteiger charge is 2.22. The summed E-state index contributed by atoms with van der Waals surface area (Å²) >= 11 is 0. The Morgan fingerprint density at radius 3 is 2.87 bits per heavy atom. The van der Waals surface area contributed by atoms with Gasteiger partial charge in [0, 0.05) is 50.4 Å². The average molecular weight is 425 g/mol. The minimum atomic E-state index is -0.440. The summed E-state index contributed by atoms with van der Waals surface area (Å²) in [7, 11) is 0. The molecule has 0 radical (unpaired) electrons. The van der Waals surface area contributed by atoms with Crippen molar-refractivity contribution < 1.29 is 13.9 Å². The molecule has 0 unspecified atom stereocenters. The number of nitrogens with zero attached hydrogens (tertiary/aromatic N) is 4. The fourth-order valence-corrected chi connectivity index (χ4v) is 4.15. The maximum absolute atomic E-state index is 13.6. The van der Waals surface area contributed by atoms with Gasteiger partial charge in [-0.3, -0.25) is 19.7 Å². The molecule has 0 bridgehead atoms. The lowest BCUT2D eigenvalue weighted by atomic mass is 10.2. The van der Waals surface area contributed by atoms with Crippen molar-refractivity contribution in [2.75, 3.05) is 32.8 Å². The molecule has 2 aliphatic rings. The molecule has 1 fully saturated rings. The summed E-state index contributed by atoms with van der Waals surface area (Å²) in [5.41, 5.74) is 1.93. The lowest BCUT2D eigenvalue weighted by Gasteiger charge is -2.19. The number of rotatable bonds is 6. The van der Waals surface area contributed by atoms with E-state index in [0.717, 1.165) is 37.5 Å². The molecule has 2 aliphatic heterocycles. The van der Waals surface area contributed by atoms with Crippen LogP contribution in [-0.2, 0) is 13.1 Å². The van der Waals surface area contributed by atoms with Crippen LogP contribution in [0.2, 0.25) is 0 Å². The predicted octanol–water partition coefficient (Wildman–Crippen LogP) is 1.57. The monoisotopic (exact) mass is 425 g/mol. The first kappa shape index (κ1) is 19.9. The van der Waals surface area contributed by atoms with Gasteiger partial charge >= 0.3 is 0 Å². The molecular weight excluding hydrogens is 401 g/mol. The normalized spacial score (nSPS) is 18.5. The van der Waals surface area contributed by atoms with E-state index < -0.39 is 5.82 Å². The minimum absolute atomic E-state index is 0.140. The molecule has 3 aromatic heterocycles. The molecule has 0 amide bonds. The van der Waals surface area contributed by atoms with E-state index in [1.54, 1.807) is 16.8 Å². The topological polar surface area (TPSA) is 81.5 Å². The molecule has 5 heterocycles. The molecule has 1 N–H and O–H groups in total. The van der Waals surface area contributed by atoms with Gasteiger partial charge in [0.05, 0.1) is 29.1 Å². The Kier molecular flexibility index (Phi) is 5.52. The van der Waals surface area contributed by atoms with Gasteiger partial charge in [0.15, 0.2) is 11.5 Å². The summed E-state index contributed by atoms with van der Waals surface area (Å²) < 4.78 is 26.4. The van der Waals surface area contributed by atoms with Crippen LogP contribution in [0.1, 0.15) is 12.1 Å². The number of halogens is 1. The zero-order valence-corrected chi connectivity index (χ0v) is 17.1. The van der Waals surface area contributed by atoms with Gasteiger partial charge in [-0.15, -0.1) is 0 Å². The molecule has 0 aliphatic carbocycles. The van der Waals surface area contributed by atoms with E-state index in [2.05, 4.69) is 20.2 Å². The van der Waals surface area contributed by atoms with Crippen LogP contribution in [0.15, 0.2) is 41.5 Å². The van der Waals surface area contributed by atoms with Crippen molar-refractivity contribution in [2.45, 2.75) is 25.6 Å². The lowest BCUT2D eigenvalue weighted by Crippen LogP contribution is -2.34. The van der Waals surface area contributed by atoms with E-state index in [4.69, 9.17) is 9.47 Å². The molecule has 0 aromatic carbocycles. The molecule has 9 heteroatoms. The molecule has 5 rings (SSSR count). The maximum atomic E-state index is 13.6. The second-order valence-corrected chi connectivity index (χ2v) is 7.87. The molecule has 8 nitrogen and oxygen atoms in total. The maximum Gasteiger partial charge on any atom is 0.251 e. The van der Waals surface area contributed by atoms with E-state index in [9.17, 15) is 9.18 Å². The third-order valence-electron chi connectivity index (χ3n) is 5.78.